The molecule has 11 nitrogen and oxygen atoms in total. The molecule has 3 heterocycles. The van der Waals surface area contributed by atoms with E-state index < -0.39 is 21.6 Å². The molecule has 1 aliphatic rings. The number of halogens is 1. The maximum absolute atomic E-state index is 14.3. The first-order valence-electron chi connectivity index (χ1n) is 16.0. The summed E-state index contributed by atoms with van der Waals surface area (Å²) in [5.74, 6) is 0.243. The Kier molecular flexibility index (Phi) is 9.32. The molecule has 5 aromatic rings. The molecule has 256 valence electrons. The summed E-state index contributed by atoms with van der Waals surface area (Å²) in [4.78, 5) is 20.6. The van der Waals surface area contributed by atoms with Crippen LogP contribution >= 0.6 is 0 Å². The monoisotopic (exact) mass is 686 g/mol. The van der Waals surface area contributed by atoms with Gasteiger partial charge in [-0.15, -0.1) is 9.35 Å². The number of carbonyl (C=O) groups excluding carboxylic acids is 1. The predicted octanol–water partition coefficient (Wildman–Crippen LogP) is 7.14. The van der Waals surface area contributed by atoms with Gasteiger partial charge in [-0.25, -0.2) is 18.9 Å². The first-order valence-corrected chi connectivity index (χ1v) is 17.8. The van der Waals surface area contributed by atoms with Crippen LogP contribution in [0.3, 0.4) is 0 Å². The van der Waals surface area contributed by atoms with E-state index in [1.807, 2.05) is 87.2 Å². The number of nitrogens with zero attached hydrogens (tertiary/aromatic N) is 5. The van der Waals surface area contributed by atoms with Crippen LogP contribution in [-0.2, 0) is 19.8 Å². The topological polar surface area (TPSA) is 119 Å². The van der Waals surface area contributed by atoms with Gasteiger partial charge in [0.15, 0.2) is 5.82 Å². The van der Waals surface area contributed by atoms with Gasteiger partial charge in [-0.1, -0.05) is 68.8 Å². The van der Waals surface area contributed by atoms with Gasteiger partial charge in [-0.3, -0.25) is 0 Å². The maximum Gasteiger partial charge on any atom is 0.353 e. The highest BCUT2D eigenvalue weighted by atomic mass is 32.2. The Bertz CT molecular complexity index is 2090. The van der Waals surface area contributed by atoms with Crippen molar-refractivity contribution in [2.24, 2.45) is 0 Å². The number of anilines is 3. The van der Waals surface area contributed by atoms with Gasteiger partial charge in [0.05, 0.1) is 35.2 Å². The summed E-state index contributed by atoms with van der Waals surface area (Å²) in [6.07, 6.45) is 3.55. The molecule has 6 rings (SSSR count). The van der Waals surface area contributed by atoms with Crippen molar-refractivity contribution in [2.45, 2.75) is 52.1 Å². The Balaban J connectivity index is 1.28. The minimum Gasteiger partial charge on any atom is -0.474 e. The minimum atomic E-state index is -4.17. The van der Waals surface area contributed by atoms with Crippen LogP contribution in [0, 0.1) is 12.7 Å². The summed E-state index contributed by atoms with van der Waals surface area (Å²) >= 11 is 0. The molecular formula is C36H39FN6O5S. The minimum absolute atomic E-state index is 0.0932. The number of hydroxylamine groups is 1. The molecule has 0 spiro atoms. The van der Waals surface area contributed by atoms with E-state index in [0.717, 1.165) is 11.8 Å². The number of rotatable bonds is 8. The average Bonchev–Trinajstić information content (AvgIpc) is 3.51. The molecule has 2 aromatic heterocycles. The Morgan fingerprint density at radius 2 is 1.63 bits per heavy atom. The van der Waals surface area contributed by atoms with Crippen LogP contribution in [-0.4, -0.2) is 54.7 Å². The third-order valence-corrected chi connectivity index (χ3v) is 8.67. The number of urea groups is 1. The summed E-state index contributed by atoms with van der Waals surface area (Å²) in [5.41, 5.74) is 2.72. The lowest BCUT2D eigenvalue weighted by atomic mass is 9.92. The van der Waals surface area contributed by atoms with Crippen molar-refractivity contribution in [1.82, 2.24) is 14.8 Å². The number of nitrogens with one attached hydrogen (secondary N) is 1. The van der Waals surface area contributed by atoms with Crippen molar-refractivity contribution < 1.29 is 26.6 Å². The second-order valence-corrected chi connectivity index (χ2v) is 14.7. The lowest BCUT2D eigenvalue weighted by Gasteiger charge is -2.33. The SMILES string of the molecule is Cc1ccc(-n2nc(C(C)(C)C)cc2N(OS(C)(=O)=O)C(=O)Nc2cnc(OC3CCN(c4ccccc4F)CC3)c3ccccc23)cc1. The van der Waals surface area contributed by atoms with Gasteiger partial charge in [0.25, 0.3) is 10.1 Å². The van der Waals surface area contributed by atoms with Crippen molar-refractivity contribution >= 4 is 44.1 Å². The number of aromatic nitrogens is 3. The van der Waals surface area contributed by atoms with Crippen LogP contribution in [0.4, 0.5) is 26.4 Å². The van der Waals surface area contributed by atoms with Crippen LogP contribution in [0.15, 0.2) is 85.1 Å². The number of hydrogen-bond donors (Lipinski definition) is 1. The van der Waals surface area contributed by atoms with Crippen molar-refractivity contribution in [3.8, 4) is 11.6 Å². The van der Waals surface area contributed by atoms with E-state index in [1.165, 1.54) is 16.9 Å². The van der Waals surface area contributed by atoms with Gasteiger partial charge in [0, 0.05) is 48.2 Å². The molecule has 1 N–H and O–H groups in total. The predicted molar refractivity (Wildman–Crippen MR) is 188 cm³/mol. The fraction of sp³-hybridized carbons (Fsp3) is 0.306. The Labute approximate surface area is 285 Å². The molecule has 1 aliphatic heterocycles. The largest absolute Gasteiger partial charge is 0.474 e. The van der Waals surface area contributed by atoms with Crippen molar-refractivity contribution in [1.29, 1.82) is 0 Å². The highest BCUT2D eigenvalue weighted by Crippen LogP contribution is 2.34. The lowest BCUT2D eigenvalue weighted by Crippen LogP contribution is -2.39. The second-order valence-electron chi connectivity index (χ2n) is 13.2. The van der Waals surface area contributed by atoms with Gasteiger partial charge in [-0.2, -0.15) is 13.5 Å². The van der Waals surface area contributed by atoms with Crippen LogP contribution in [0.2, 0.25) is 0 Å². The number of para-hydroxylation sites is 1. The van der Waals surface area contributed by atoms with Crippen LogP contribution in [0.25, 0.3) is 16.5 Å². The molecule has 0 aliphatic carbocycles. The molecular weight excluding hydrogens is 647 g/mol. The van der Waals surface area contributed by atoms with Gasteiger partial charge in [0.1, 0.15) is 11.9 Å². The first-order chi connectivity index (χ1) is 23.3. The second kappa shape index (κ2) is 13.5. The molecule has 2 amide bonds. The third kappa shape index (κ3) is 7.68. The van der Waals surface area contributed by atoms with Gasteiger partial charge >= 0.3 is 6.03 Å². The standard InChI is InChI=1S/C36H39FN6O5S/c1-24-14-16-25(17-15-24)42-33(22-32(40-42)36(2,3)4)43(48-49(5,45)46)35(44)39-30-23-38-34(28-11-7-6-10-27(28)30)47-26-18-20-41(21-19-26)31-13-9-8-12-29(31)37/h6-17,22-23,26H,18-21H2,1-5H3,(H,39,44). The van der Waals surface area contributed by atoms with E-state index in [9.17, 15) is 17.6 Å². The highest BCUT2D eigenvalue weighted by molar-refractivity contribution is 7.86. The number of pyridine rings is 1. The maximum atomic E-state index is 14.3. The van der Waals surface area contributed by atoms with Crippen molar-refractivity contribution in [2.75, 3.05) is 34.6 Å². The highest BCUT2D eigenvalue weighted by Gasteiger charge is 2.31. The fourth-order valence-electron chi connectivity index (χ4n) is 5.68. The molecule has 49 heavy (non-hydrogen) atoms. The zero-order valence-electron chi connectivity index (χ0n) is 28.1. The smallest absolute Gasteiger partial charge is 0.353 e. The van der Waals surface area contributed by atoms with E-state index in [0.29, 0.717) is 70.4 Å². The van der Waals surface area contributed by atoms with Crippen LogP contribution in [0.5, 0.6) is 5.88 Å². The Hall–Kier alpha value is -5.01. The normalized spacial score (nSPS) is 14.2. The molecule has 0 unspecified atom stereocenters. The van der Waals surface area contributed by atoms with Gasteiger partial charge < -0.3 is 15.0 Å². The Morgan fingerprint density at radius 3 is 2.29 bits per heavy atom. The molecule has 1 fully saturated rings. The van der Waals surface area contributed by atoms with E-state index in [-0.39, 0.29) is 17.7 Å². The number of fused-ring (bicyclic) bond motifs is 1. The molecule has 3 aromatic carbocycles. The van der Waals surface area contributed by atoms with E-state index in [1.54, 1.807) is 18.2 Å². The van der Waals surface area contributed by atoms with Gasteiger partial charge in [0.2, 0.25) is 5.88 Å². The van der Waals surface area contributed by atoms with Crippen molar-refractivity contribution in [3.05, 3.63) is 102 Å². The van der Waals surface area contributed by atoms with E-state index in [2.05, 4.69) is 10.3 Å². The zero-order chi connectivity index (χ0) is 34.9. The molecule has 1 saturated heterocycles. The number of aryl methyl sites for hydroxylation is 1. The van der Waals surface area contributed by atoms with Gasteiger partial charge in [-0.05, 0) is 37.3 Å². The van der Waals surface area contributed by atoms with Crippen molar-refractivity contribution in [3.63, 3.8) is 0 Å². The van der Waals surface area contributed by atoms with E-state index in [4.69, 9.17) is 14.1 Å². The lowest BCUT2D eigenvalue weighted by molar-refractivity contribution is 0.166. The summed E-state index contributed by atoms with van der Waals surface area (Å²) < 4.78 is 52.5. The summed E-state index contributed by atoms with van der Waals surface area (Å²) in [5, 5.41) is 9.52. The molecule has 0 bridgehead atoms. The summed E-state index contributed by atoms with van der Waals surface area (Å²) in [6.45, 7) is 9.11. The molecule has 0 radical (unpaired) electrons. The van der Waals surface area contributed by atoms with E-state index >= 15 is 0 Å². The fourth-order valence-corrected chi connectivity index (χ4v) is 6.09. The Morgan fingerprint density at radius 1 is 0.980 bits per heavy atom. The summed E-state index contributed by atoms with van der Waals surface area (Å²) in [6, 6.07) is 22.3. The number of carbonyl (C=O) groups is 1. The number of amides is 2. The summed E-state index contributed by atoms with van der Waals surface area (Å²) in [7, 11) is -4.17. The molecule has 0 saturated carbocycles. The average molecular weight is 687 g/mol. The quantitative estimate of drug-likeness (QED) is 0.171. The number of piperidine rings is 1. The number of hydrogen-bond acceptors (Lipinski definition) is 8. The number of benzene rings is 3. The number of ether oxygens (including phenoxy) is 1. The third-order valence-electron chi connectivity index (χ3n) is 8.25. The molecule has 13 heteroatoms. The zero-order valence-corrected chi connectivity index (χ0v) is 28.9. The van der Waals surface area contributed by atoms with Crippen LogP contribution < -0.4 is 20.0 Å². The van der Waals surface area contributed by atoms with Crippen LogP contribution in [0.1, 0.15) is 44.9 Å². The first kappa shape index (κ1) is 33.9. The molecule has 0 atom stereocenters.